The Bertz CT molecular complexity index is 454. The highest BCUT2D eigenvalue weighted by atomic mass is 16.5. The molecule has 1 aliphatic heterocycles. The molecule has 1 aromatic carbocycles. The van der Waals surface area contributed by atoms with Crippen molar-refractivity contribution in [3.8, 4) is 0 Å². The average molecular weight is 287 g/mol. The largest absolute Gasteiger partial charge is 0.377 e. The molecule has 1 saturated heterocycles. The number of hydrogen-bond donors (Lipinski definition) is 0. The van der Waals surface area contributed by atoms with Crippen molar-refractivity contribution in [2.75, 3.05) is 19.8 Å². The van der Waals surface area contributed by atoms with Gasteiger partial charge in [-0.1, -0.05) is 49.6 Å². The molecule has 3 heteroatoms. The highest BCUT2D eigenvalue weighted by Crippen LogP contribution is 2.27. The maximum absolute atomic E-state index is 12.8. The molecule has 1 aliphatic carbocycles. The van der Waals surface area contributed by atoms with E-state index in [0.717, 1.165) is 25.8 Å². The third kappa shape index (κ3) is 3.65. The Labute approximate surface area is 127 Å². The Morgan fingerprint density at radius 1 is 1.14 bits per heavy atom. The lowest BCUT2D eigenvalue weighted by Crippen LogP contribution is -2.51. The lowest BCUT2D eigenvalue weighted by Gasteiger charge is -2.38. The summed E-state index contributed by atoms with van der Waals surface area (Å²) in [6, 6.07) is 10.6. The van der Waals surface area contributed by atoms with Crippen molar-refractivity contribution >= 4 is 5.91 Å². The second kappa shape index (κ2) is 7.08. The lowest BCUT2D eigenvalue weighted by atomic mass is 9.87. The summed E-state index contributed by atoms with van der Waals surface area (Å²) in [5.41, 5.74) is 1.29. The molecule has 3 nitrogen and oxygen atoms in total. The van der Waals surface area contributed by atoms with Crippen LogP contribution in [0.2, 0.25) is 0 Å². The highest BCUT2D eigenvalue weighted by Gasteiger charge is 2.32. The van der Waals surface area contributed by atoms with Crippen LogP contribution in [-0.4, -0.2) is 36.6 Å². The zero-order valence-corrected chi connectivity index (χ0v) is 12.7. The van der Waals surface area contributed by atoms with Crippen LogP contribution in [0.15, 0.2) is 30.3 Å². The maximum atomic E-state index is 12.8. The fourth-order valence-electron chi connectivity index (χ4n) is 3.58. The zero-order chi connectivity index (χ0) is 14.5. The van der Waals surface area contributed by atoms with Crippen molar-refractivity contribution in [2.45, 2.75) is 44.6 Å². The van der Waals surface area contributed by atoms with Gasteiger partial charge in [-0.15, -0.1) is 0 Å². The quantitative estimate of drug-likeness (QED) is 0.855. The fourth-order valence-corrected chi connectivity index (χ4v) is 3.58. The smallest absolute Gasteiger partial charge is 0.226 e. The molecule has 21 heavy (non-hydrogen) atoms. The first-order valence-electron chi connectivity index (χ1n) is 8.27. The van der Waals surface area contributed by atoms with E-state index in [4.69, 9.17) is 4.74 Å². The molecule has 2 fully saturated rings. The predicted octanol–water partition coefficient (Wildman–Crippen LogP) is 3.04. The summed E-state index contributed by atoms with van der Waals surface area (Å²) in [5.74, 6) is 0.633. The first kappa shape index (κ1) is 14.6. The lowest BCUT2D eigenvalue weighted by molar-refractivity contribution is -0.145. The summed E-state index contributed by atoms with van der Waals surface area (Å²) >= 11 is 0. The van der Waals surface area contributed by atoms with E-state index in [1.54, 1.807) is 0 Å². The Morgan fingerprint density at radius 2 is 1.90 bits per heavy atom. The normalized spacial score (nSPS) is 24.0. The monoisotopic (exact) mass is 287 g/mol. The molecule has 0 spiro atoms. The predicted molar refractivity (Wildman–Crippen MR) is 83.0 cm³/mol. The molecule has 2 aliphatic rings. The number of carbonyl (C=O) groups is 1. The van der Waals surface area contributed by atoms with Crippen LogP contribution >= 0.6 is 0 Å². The zero-order valence-electron chi connectivity index (χ0n) is 12.7. The highest BCUT2D eigenvalue weighted by molar-refractivity contribution is 5.79. The molecule has 114 valence electrons. The molecule has 0 radical (unpaired) electrons. The first-order chi connectivity index (χ1) is 10.3. The molecule has 0 bridgehead atoms. The molecule has 3 rings (SSSR count). The minimum atomic E-state index is 0.204. The van der Waals surface area contributed by atoms with E-state index in [1.165, 1.54) is 24.8 Å². The SMILES string of the molecule is O=C(C1CCCCC1)N1CCOCC1Cc1ccccc1. The Balaban J connectivity index is 1.67. The van der Waals surface area contributed by atoms with Gasteiger partial charge < -0.3 is 9.64 Å². The van der Waals surface area contributed by atoms with Crippen molar-refractivity contribution in [3.05, 3.63) is 35.9 Å². The third-order valence-electron chi connectivity index (χ3n) is 4.78. The van der Waals surface area contributed by atoms with Gasteiger partial charge >= 0.3 is 0 Å². The van der Waals surface area contributed by atoms with Gasteiger partial charge in [-0.2, -0.15) is 0 Å². The van der Waals surface area contributed by atoms with Gasteiger partial charge in [-0.25, -0.2) is 0 Å². The fraction of sp³-hybridized carbons (Fsp3) is 0.611. The number of carbonyl (C=O) groups excluding carboxylic acids is 1. The molecule has 1 saturated carbocycles. The van der Waals surface area contributed by atoms with Gasteiger partial charge in [0, 0.05) is 12.5 Å². The van der Waals surface area contributed by atoms with Crippen LogP contribution < -0.4 is 0 Å². The number of ether oxygens (including phenoxy) is 1. The van der Waals surface area contributed by atoms with Crippen LogP contribution in [0.4, 0.5) is 0 Å². The van der Waals surface area contributed by atoms with Crippen LogP contribution in [0, 0.1) is 5.92 Å². The maximum Gasteiger partial charge on any atom is 0.226 e. The molecular weight excluding hydrogens is 262 g/mol. The number of hydrogen-bond acceptors (Lipinski definition) is 2. The van der Waals surface area contributed by atoms with Crippen LogP contribution in [0.3, 0.4) is 0 Å². The van der Waals surface area contributed by atoms with Crippen LogP contribution in [-0.2, 0) is 16.0 Å². The summed E-state index contributed by atoms with van der Waals surface area (Å²) < 4.78 is 5.63. The topological polar surface area (TPSA) is 29.5 Å². The molecule has 1 heterocycles. The number of morpholine rings is 1. The van der Waals surface area contributed by atoms with E-state index in [9.17, 15) is 4.79 Å². The molecular formula is C18H25NO2. The molecule has 0 N–H and O–H groups in total. The van der Waals surface area contributed by atoms with Crippen LogP contribution in [0.1, 0.15) is 37.7 Å². The van der Waals surface area contributed by atoms with Gasteiger partial charge in [-0.3, -0.25) is 4.79 Å². The van der Waals surface area contributed by atoms with Crippen molar-refractivity contribution < 1.29 is 9.53 Å². The van der Waals surface area contributed by atoms with Crippen LogP contribution in [0.5, 0.6) is 0 Å². The minimum absolute atomic E-state index is 0.204. The first-order valence-corrected chi connectivity index (χ1v) is 8.27. The number of nitrogens with zero attached hydrogens (tertiary/aromatic N) is 1. The second-order valence-electron chi connectivity index (χ2n) is 6.29. The van der Waals surface area contributed by atoms with E-state index in [1.807, 2.05) is 6.07 Å². The molecule has 1 unspecified atom stereocenters. The summed E-state index contributed by atoms with van der Waals surface area (Å²) in [5, 5.41) is 0. The van der Waals surface area contributed by atoms with E-state index in [-0.39, 0.29) is 12.0 Å². The Kier molecular flexibility index (Phi) is 4.91. The second-order valence-corrected chi connectivity index (χ2v) is 6.29. The third-order valence-corrected chi connectivity index (χ3v) is 4.78. The number of amides is 1. The van der Waals surface area contributed by atoms with E-state index >= 15 is 0 Å². The summed E-state index contributed by atoms with van der Waals surface area (Å²) in [6.07, 6.45) is 6.77. The number of benzene rings is 1. The summed E-state index contributed by atoms with van der Waals surface area (Å²) in [4.78, 5) is 14.9. The Morgan fingerprint density at radius 3 is 2.67 bits per heavy atom. The molecule has 1 aromatic rings. The van der Waals surface area contributed by atoms with Gasteiger partial charge in [0.25, 0.3) is 0 Å². The number of rotatable bonds is 3. The molecule has 1 atom stereocenters. The van der Waals surface area contributed by atoms with E-state index in [0.29, 0.717) is 19.1 Å². The van der Waals surface area contributed by atoms with E-state index < -0.39 is 0 Å². The molecule has 1 amide bonds. The molecule has 0 aromatic heterocycles. The van der Waals surface area contributed by atoms with Gasteiger partial charge in [0.15, 0.2) is 0 Å². The van der Waals surface area contributed by atoms with Crippen molar-refractivity contribution in [3.63, 3.8) is 0 Å². The summed E-state index contributed by atoms with van der Waals surface area (Å²) in [6.45, 7) is 2.12. The minimum Gasteiger partial charge on any atom is -0.377 e. The van der Waals surface area contributed by atoms with E-state index in [2.05, 4.69) is 29.2 Å². The van der Waals surface area contributed by atoms with Crippen molar-refractivity contribution in [1.29, 1.82) is 0 Å². The van der Waals surface area contributed by atoms with Crippen molar-refractivity contribution in [2.24, 2.45) is 5.92 Å². The summed E-state index contributed by atoms with van der Waals surface area (Å²) in [7, 11) is 0. The van der Waals surface area contributed by atoms with Crippen LogP contribution in [0.25, 0.3) is 0 Å². The Hall–Kier alpha value is -1.35. The average Bonchev–Trinajstić information content (AvgIpc) is 2.56. The van der Waals surface area contributed by atoms with Gasteiger partial charge in [0.05, 0.1) is 19.3 Å². The van der Waals surface area contributed by atoms with Gasteiger partial charge in [0.2, 0.25) is 5.91 Å². The standard InChI is InChI=1S/C18H25NO2/c20-18(16-9-5-2-6-10-16)19-11-12-21-14-17(19)13-15-7-3-1-4-8-15/h1,3-4,7-8,16-17H,2,5-6,9-14H2. The van der Waals surface area contributed by atoms with Crippen molar-refractivity contribution in [1.82, 2.24) is 4.90 Å². The van der Waals surface area contributed by atoms with Gasteiger partial charge in [0.1, 0.15) is 0 Å². The van der Waals surface area contributed by atoms with Gasteiger partial charge in [-0.05, 0) is 24.8 Å².